The maximum atomic E-state index is 11.6. The van der Waals surface area contributed by atoms with E-state index >= 15 is 0 Å². The van der Waals surface area contributed by atoms with Crippen molar-refractivity contribution in [2.75, 3.05) is 6.61 Å². The molecular formula is C13H16O4. The summed E-state index contributed by atoms with van der Waals surface area (Å²) in [4.78, 5) is 22.9. The first-order valence-electron chi connectivity index (χ1n) is 6.06. The van der Waals surface area contributed by atoms with Gasteiger partial charge in [-0.25, -0.2) is 4.79 Å². The molecule has 2 saturated carbocycles. The topological polar surface area (TPSA) is 52.6 Å². The van der Waals surface area contributed by atoms with Gasteiger partial charge in [0, 0.05) is 17.4 Å². The van der Waals surface area contributed by atoms with Crippen molar-refractivity contribution in [2.24, 2.45) is 23.2 Å². The standard InChI is InChI=1S/C13H16O4/c1-3-10(14)17-9-4-7-5-13(9,2)8-6-16-12(15)11(7)8/h3,7-9,11H,1,4-6H2,2H3. The molecule has 0 spiro atoms. The fraction of sp³-hybridized carbons (Fsp3) is 0.692. The summed E-state index contributed by atoms with van der Waals surface area (Å²) in [5.41, 5.74) is -0.0971. The van der Waals surface area contributed by atoms with Crippen molar-refractivity contribution in [3.63, 3.8) is 0 Å². The molecule has 3 fully saturated rings. The van der Waals surface area contributed by atoms with Crippen LogP contribution in [0.5, 0.6) is 0 Å². The molecule has 92 valence electrons. The molecule has 3 rings (SSSR count). The molecule has 1 aliphatic heterocycles. The number of ether oxygens (including phenoxy) is 2. The zero-order valence-corrected chi connectivity index (χ0v) is 9.85. The Kier molecular flexibility index (Phi) is 2.12. The number of carbonyl (C=O) groups is 2. The van der Waals surface area contributed by atoms with E-state index in [0.717, 1.165) is 12.8 Å². The van der Waals surface area contributed by atoms with E-state index in [9.17, 15) is 9.59 Å². The third kappa shape index (κ3) is 1.30. The van der Waals surface area contributed by atoms with Crippen molar-refractivity contribution in [1.29, 1.82) is 0 Å². The average Bonchev–Trinajstić information content (AvgIpc) is 2.89. The Hall–Kier alpha value is -1.32. The minimum atomic E-state index is -0.370. The minimum absolute atomic E-state index is 0.0404. The molecule has 2 bridgehead atoms. The predicted molar refractivity (Wildman–Crippen MR) is 58.8 cm³/mol. The van der Waals surface area contributed by atoms with Crippen LogP contribution in [0.25, 0.3) is 0 Å². The third-order valence-electron chi connectivity index (χ3n) is 4.85. The molecule has 4 nitrogen and oxygen atoms in total. The fourth-order valence-electron chi connectivity index (χ4n) is 4.02. The Morgan fingerprint density at radius 2 is 2.41 bits per heavy atom. The molecule has 0 aromatic heterocycles. The number of rotatable bonds is 2. The van der Waals surface area contributed by atoms with Gasteiger partial charge in [-0.05, 0) is 18.8 Å². The summed E-state index contributed by atoms with van der Waals surface area (Å²) in [6, 6.07) is 0. The lowest BCUT2D eigenvalue weighted by Gasteiger charge is -2.36. The molecule has 0 N–H and O–H groups in total. The zero-order chi connectivity index (χ0) is 12.2. The number of carbonyl (C=O) groups excluding carboxylic acids is 2. The van der Waals surface area contributed by atoms with Gasteiger partial charge in [-0.3, -0.25) is 4.79 Å². The first-order valence-corrected chi connectivity index (χ1v) is 6.06. The highest BCUT2D eigenvalue weighted by Crippen LogP contribution is 2.63. The Morgan fingerprint density at radius 3 is 3.12 bits per heavy atom. The van der Waals surface area contributed by atoms with Crippen LogP contribution in [0.1, 0.15) is 19.8 Å². The molecule has 2 aliphatic carbocycles. The van der Waals surface area contributed by atoms with Crippen molar-refractivity contribution >= 4 is 11.9 Å². The van der Waals surface area contributed by atoms with E-state index in [2.05, 4.69) is 13.5 Å². The van der Waals surface area contributed by atoms with Gasteiger partial charge in [0.1, 0.15) is 6.10 Å². The maximum Gasteiger partial charge on any atom is 0.330 e. The number of hydrogen-bond acceptors (Lipinski definition) is 4. The molecule has 4 heteroatoms. The van der Waals surface area contributed by atoms with Gasteiger partial charge in [-0.1, -0.05) is 13.5 Å². The van der Waals surface area contributed by atoms with Crippen LogP contribution in [-0.4, -0.2) is 24.6 Å². The van der Waals surface area contributed by atoms with Gasteiger partial charge in [-0.15, -0.1) is 0 Å². The van der Waals surface area contributed by atoms with Crippen LogP contribution in [0.2, 0.25) is 0 Å². The second-order valence-corrected chi connectivity index (χ2v) is 5.60. The molecule has 1 saturated heterocycles. The van der Waals surface area contributed by atoms with Gasteiger partial charge in [0.15, 0.2) is 0 Å². The van der Waals surface area contributed by atoms with Crippen LogP contribution >= 0.6 is 0 Å². The van der Waals surface area contributed by atoms with E-state index in [1.54, 1.807) is 0 Å². The molecule has 1 heterocycles. The predicted octanol–water partition coefficient (Wildman–Crippen LogP) is 1.30. The minimum Gasteiger partial charge on any atom is -0.465 e. The molecule has 5 atom stereocenters. The Balaban J connectivity index is 1.83. The van der Waals surface area contributed by atoms with Crippen LogP contribution < -0.4 is 0 Å². The quantitative estimate of drug-likeness (QED) is 0.535. The van der Waals surface area contributed by atoms with Crippen LogP contribution in [0.4, 0.5) is 0 Å². The van der Waals surface area contributed by atoms with Crippen LogP contribution in [0.3, 0.4) is 0 Å². The lowest BCUT2D eigenvalue weighted by Crippen LogP contribution is -2.41. The van der Waals surface area contributed by atoms with E-state index in [1.807, 2.05) is 0 Å². The third-order valence-corrected chi connectivity index (χ3v) is 4.85. The highest BCUT2D eigenvalue weighted by atomic mass is 16.6. The zero-order valence-electron chi connectivity index (χ0n) is 9.85. The summed E-state index contributed by atoms with van der Waals surface area (Å²) in [5, 5.41) is 0. The molecule has 0 radical (unpaired) electrons. The summed E-state index contributed by atoms with van der Waals surface area (Å²) in [5.74, 6) is 0.153. The largest absolute Gasteiger partial charge is 0.465 e. The van der Waals surface area contributed by atoms with Gasteiger partial charge in [0.2, 0.25) is 0 Å². The Labute approximate surface area is 100.0 Å². The van der Waals surface area contributed by atoms with Crippen LogP contribution in [0, 0.1) is 23.2 Å². The fourth-order valence-corrected chi connectivity index (χ4v) is 4.02. The first kappa shape index (κ1) is 10.8. The van der Waals surface area contributed by atoms with E-state index in [4.69, 9.17) is 9.47 Å². The molecule has 17 heavy (non-hydrogen) atoms. The monoisotopic (exact) mass is 236 g/mol. The second-order valence-electron chi connectivity index (χ2n) is 5.60. The van der Waals surface area contributed by atoms with Crippen LogP contribution in [0.15, 0.2) is 12.7 Å². The smallest absolute Gasteiger partial charge is 0.330 e. The average molecular weight is 236 g/mol. The van der Waals surface area contributed by atoms with Crippen LogP contribution in [-0.2, 0) is 19.1 Å². The van der Waals surface area contributed by atoms with Gasteiger partial charge in [-0.2, -0.15) is 0 Å². The first-order chi connectivity index (χ1) is 8.06. The van der Waals surface area contributed by atoms with Crippen molar-refractivity contribution in [3.8, 4) is 0 Å². The van der Waals surface area contributed by atoms with Gasteiger partial charge >= 0.3 is 11.9 Å². The highest BCUT2D eigenvalue weighted by Gasteiger charge is 2.66. The van der Waals surface area contributed by atoms with Crippen molar-refractivity contribution in [2.45, 2.75) is 25.9 Å². The molecule has 0 aromatic carbocycles. The summed E-state index contributed by atoms with van der Waals surface area (Å²) < 4.78 is 10.6. The number of hydrogen-bond donors (Lipinski definition) is 0. The van der Waals surface area contributed by atoms with Gasteiger partial charge in [0.25, 0.3) is 0 Å². The lowest BCUT2D eigenvalue weighted by molar-refractivity contribution is -0.151. The summed E-state index contributed by atoms with van der Waals surface area (Å²) in [6.07, 6.45) is 2.86. The van der Waals surface area contributed by atoms with Crippen molar-refractivity contribution in [1.82, 2.24) is 0 Å². The van der Waals surface area contributed by atoms with Gasteiger partial charge in [0.05, 0.1) is 12.5 Å². The number of fused-ring (bicyclic) bond motifs is 5. The Morgan fingerprint density at radius 1 is 1.65 bits per heavy atom. The Bertz CT molecular complexity index is 402. The normalized spacial score (nSPS) is 46.5. The van der Waals surface area contributed by atoms with E-state index < -0.39 is 0 Å². The second kappa shape index (κ2) is 3.34. The highest BCUT2D eigenvalue weighted by molar-refractivity contribution is 5.81. The van der Waals surface area contributed by atoms with Crippen molar-refractivity contribution in [3.05, 3.63) is 12.7 Å². The van der Waals surface area contributed by atoms with E-state index in [0.29, 0.717) is 12.5 Å². The molecular weight excluding hydrogens is 220 g/mol. The van der Waals surface area contributed by atoms with E-state index in [1.165, 1.54) is 6.08 Å². The van der Waals surface area contributed by atoms with E-state index in [-0.39, 0.29) is 35.3 Å². The molecule has 0 aromatic rings. The maximum absolute atomic E-state index is 11.6. The number of cyclic esters (lactones) is 1. The lowest BCUT2D eigenvalue weighted by atomic mass is 9.71. The SMILES string of the molecule is C=CC(=O)OC1CC2CC1(C)C1COC(=O)C21. The summed E-state index contributed by atoms with van der Waals surface area (Å²) in [7, 11) is 0. The molecule has 0 amide bonds. The molecule has 3 aliphatic rings. The summed E-state index contributed by atoms with van der Waals surface area (Å²) in [6.45, 7) is 6.01. The van der Waals surface area contributed by atoms with Gasteiger partial charge < -0.3 is 9.47 Å². The van der Waals surface area contributed by atoms with Crippen molar-refractivity contribution < 1.29 is 19.1 Å². The summed E-state index contributed by atoms with van der Waals surface area (Å²) >= 11 is 0. The molecule has 5 unspecified atom stereocenters. The number of esters is 2.